The lowest BCUT2D eigenvalue weighted by molar-refractivity contribution is -0.133. The highest BCUT2D eigenvalue weighted by Gasteiger charge is 2.49. The molecule has 2 heterocycles. The van der Waals surface area contributed by atoms with Gasteiger partial charge in [0.15, 0.2) is 11.5 Å². The molecule has 2 N–H and O–H groups in total. The number of urea groups is 1. The molecular formula is C23H19N3O5. The Morgan fingerprint density at radius 1 is 1.03 bits per heavy atom. The highest BCUT2D eigenvalue weighted by atomic mass is 16.7. The summed E-state index contributed by atoms with van der Waals surface area (Å²) in [7, 11) is 0. The third kappa shape index (κ3) is 3.22. The number of fused-ring (bicyclic) bond motifs is 2. The van der Waals surface area contributed by atoms with Gasteiger partial charge in [-0.2, -0.15) is 0 Å². The van der Waals surface area contributed by atoms with Crippen LogP contribution in [0.4, 0.5) is 10.5 Å². The van der Waals surface area contributed by atoms with E-state index < -0.39 is 29.9 Å². The predicted molar refractivity (Wildman–Crippen MR) is 113 cm³/mol. The number of nitrogens with zero attached hydrogens (tertiary/aromatic N) is 1. The van der Waals surface area contributed by atoms with Gasteiger partial charge in [-0.15, -0.1) is 0 Å². The van der Waals surface area contributed by atoms with Crippen LogP contribution in [-0.2, 0) is 15.1 Å². The van der Waals surface area contributed by atoms with Crippen molar-refractivity contribution >= 4 is 34.3 Å². The van der Waals surface area contributed by atoms with Gasteiger partial charge in [-0.1, -0.05) is 36.4 Å². The molecule has 2 aliphatic heterocycles. The number of nitrogens with one attached hydrogen (secondary N) is 2. The van der Waals surface area contributed by atoms with Gasteiger partial charge in [0.25, 0.3) is 5.91 Å². The smallest absolute Gasteiger partial charge is 0.325 e. The summed E-state index contributed by atoms with van der Waals surface area (Å²) in [6.07, 6.45) is 0. The third-order valence-electron chi connectivity index (χ3n) is 5.56. The Bertz CT molecular complexity index is 1240. The molecule has 2 aliphatic rings. The lowest BCUT2D eigenvalue weighted by Crippen LogP contribution is -2.42. The number of rotatable bonds is 4. The zero-order chi connectivity index (χ0) is 21.6. The molecule has 0 bridgehead atoms. The Kier molecular flexibility index (Phi) is 4.28. The molecule has 1 fully saturated rings. The van der Waals surface area contributed by atoms with Crippen LogP contribution in [0.5, 0.6) is 11.5 Å². The molecule has 156 valence electrons. The molecule has 1 saturated heterocycles. The Morgan fingerprint density at radius 3 is 2.65 bits per heavy atom. The molecular weight excluding hydrogens is 398 g/mol. The number of hydrogen-bond acceptors (Lipinski definition) is 5. The minimum absolute atomic E-state index is 0.108. The summed E-state index contributed by atoms with van der Waals surface area (Å²) in [5.41, 5.74) is -0.164. The molecule has 0 aromatic heterocycles. The van der Waals surface area contributed by atoms with Crippen LogP contribution in [0.25, 0.3) is 10.8 Å². The summed E-state index contributed by atoms with van der Waals surface area (Å²) in [5.74, 6) is 0.114. The second-order valence-electron chi connectivity index (χ2n) is 7.62. The number of carbonyl (C=O) groups is 3. The molecule has 0 saturated carbocycles. The molecule has 8 nitrogen and oxygen atoms in total. The molecule has 1 atom stereocenters. The van der Waals surface area contributed by atoms with E-state index in [1.54, 1.807) is 31.2 Å². The Labute approximate surface area is 177 Å². The van der Waals surface area contributed by atoms with E-state index in [1.165, 1.54) is 0 Å². The number of amides is 4. The van der Waals surface area contributed by atoms with Crippen molar-refractivity contribution < 1.29 is 23.9 Å². The van der Waals surface area contributed by atoms with E-state index in [0.717, 1.165) is 15.7 Å². The van der Waals surface area contributed by atoms with E-state index in [2.05, 4.69) is 10.6 Å². The first-order chi connectivity index (χ1) is 14.9. The topological polar surface area (TPSA) is 97.0 Å². The molecule has 3 aromatic rings. The molecule has 4 amide bonds. The number of imide groups is 1. The first-order valence-electron chi connectivity index (χ1n) is 9.77. The van der Waals surface area contributed by atoms with Gasteiger partial charge >= 0.3 is 6.03 Å². The number of benzene rings is 3. The fourth-order valence-corrected chi connectivity index (χ4v) is 3.85. The van der Waals surface area contributed by atoms with Gasteiger partial charge in [0.2, 0.25) is 12.7 Å². The van der Waals surface area contributed by atoms with E-state index in [0.29, 0.717) is 22.7 Å². The van der Waals surface area contributed by atoms with Gasteiger partial charge in [0.05, 0.1) is 0 Å². The standard InChI is InChI=1S/C23H19N3O5/c1-23(16-7-9-18-19(11-16)31-13-30-18)21(28)26(22(29)25-23)12-20(27)24-17-8-6-14-4-2-3-5-15(14)10-17/h2-11H,12-13H2,1H3,(H,24,27)(H,25,29)/t23-/m1/s1. The van der Waals surface area contributed by atoms with Gasteiger partial charge in [0.1, 0.15) is 12.1 Å². The molecule has 0 radical (unpaired) electrons. The van der Waals surface area contributed by atoms with Crippen LogP contribution >= 0.6 is 0 Å². The van der Waals surface area contributed by atoms with Gasteiger partial charge < -0.3 is 20.1 Å². The van der Waals surface area contributed by atoms with Crippen LogP contribution in [0.2, 0.25) is 0 Å². The number of hydrogen-bond donors (Lipinski definition) is 2. The first kappa shape index (κ1) is 18.9. The molecule has 31 heavy (non-hydrogen) atoms. The zero-order valence-electron chi connectivity index (χ0n) is 16.7. The van der Waals surface area contributed by atoms with Crippen molar-refractivity contribution in [1.29, 1.82) is 0 Å². The van der Waals surface area contributed by atoms with Crippen molar-refractivity contribution in [2.45, 2.75) is 12.5 Å². The van der Waals surface area contributed by atoms with E-state index in [-0.39, 0.29) is 6.79 Å². The maximum atomic E-state index is 13.1. The lowest BCUT2D eigenvalue weighted by Gasteiger charge is -2.22. The Hall–Kier alpha value is -4.07. The summed E-state index contributed by atoms with van der Waals surface area (Å²) < 4.78 is 10.7. The summed E-state index contributed by atoms with van der Waals surface area (Å²) >= 11 is 0. The SMILES string of the molecule is C[C@]1(c2ccc3c(c2)OCO3)NC(=O)N(CC(=O)Nc2ccc3ccccc3c2)C1=O. The Morgan fingerprint density at radius 2 is 1.81 bits per heavy atom. The van der Waals surface area contributed by atoms with Crippen LogP contribution in [0, 0.1) is 0 Å². The second kappa shape index (κ2) is 7.02. The van der Waals surface area contributed by atoms with Crippen molar-refractivity contribution in [2.75, 3.05) is 18.7 Å². The maximum Gasteiger partial charge on any atom is 0.325 e. The maximum absolute atomic E-state index is 13.1. The van der Waals surface area contributed by atoms with E-state index in [1.807, 2.05) is 36.4 Å². The fourth-order valence-electron chi connectivity index (χ4n) is 3.85. The third-order valence-corrected chi connectivity index (χ3v) is 5.56. The zero-order valence-corrected chi connectivity index (χ0v) is 16.7. The van der Waals surface area contributed by atoms with Crippen LogP contribution in [0.1, 0.15) is 12.5 Å². The van der Waals surface area contributed by atoms with Crippen LogP contribution in [-0.4, -0.2) is 36.1 Å². The number of carbonyl (C=O) groups excluding carboxylic acids is 3. The molecule has 0 spiro atoms. The van der Waals surface area contributed by atoms with Crippen molar-refractivity contribution in [1.82, 2.24) is 10.2 Å². The average molecular weight is 417 g/mol. The summed E-state index contributed by atoms with van der Waals surface area (Å²) in [6.45, 7) is 1.32. The molecule has 8 heteroatoms. The molecule has 0 aliphatic carbocycles. The monoisotopic (exact) mass is 417 g/mol. The van der Waals surface area contributed by atoms with Crippen molar-refractivity contribution in [3.8, 4) is 11.5 Å². The van der Waals surface area contributed by atoms with Gasteiger partial charge in [-0.05, 0) is 47.5 Å². The Balaban J connectivity index is 1.32. The second-order valence-corrected chi connectivity index (χ2v) is 7.62. The molecule has 0 unspecified atom stereocenters. The van der Waals surface area contributed by atoms with E-state index in [9.17, 15) is 14.4 Å². The fraction of sp³-hybridized carbons (Fsp3) is 0.174. The number of ether oxygens (including phenoxy) is 2. The van der Waals surface area contributed by atoms with Crippen molar-refractivity contribution in [3.05, 3.63) is 66.2 Å². The van der Waals surface area contributed by atoms with Gasteiger partial charge in [0, 0.05) is 5.69 Å². The first-order valence-corrected chi connectivity index (χ1v) is 9.77. The minimum atomic E-state index is -1.30. The summed E-state index contributed by atoms with van der Waals surface area (Å²) in [5, 5.41) is 7.47. The van der Waals surface area contributed by atoms with Crippen molar-refractivity contribution in [3.63, 3.8) is 0 Å². The summed E-state index contributed by atoms with van der Waals surface area (Å²) in [6, 6.07) is 17.7. The highest BCUT2D eigenvalue weighted by Crippen LogP contribution is 2.37. The highest BCUT2D eigenvalue weighted by molar-refractivity contribution is 6.10. The largest absolute Gasteiger partial charge is 0.454 e. The van der Waals surface area contributed by atoms with Crippen LogP contribution in [0.3, 0.4) is 0 Å². The number of anilines is 1. The average Bonchev–Trinajstić information content (AvgIpc) is 3.32. The molecule has 5 rings (SSSR count). The minimum Gasteiger partial charge on any atom is -0.454 e. The summed E-state index contributed by atoms with van der Waals surface area (Å²) in [4.78, 5) is 39.1. The quantitative estimate of drug-likeness (QED) is 0.636. The predicted octanol–water partition coefficient (Wildman–Crippen LogP) is 2.97. The lowest BCUT2D eigenvalue weighted by atomic mass is 9.91. The van der Waals surface area contributed by atoms with E-state index in [4.69, 9.17) is 9.47 Å². The van der Waals surface area contributed by atoms with Gasteiger partial charge in [-0.25, -0.2) is 4.79 Å². The van der Waals surface area contributed by atoms with E-state index >= 15 is 0 Å². The van der Waals surface area contributed by atoms with Crippen LogP contribution < -0.4 is 20.1 Å². The van der Waals surface area contributed by atoms with Crippen LogP contribution in [0.15, 0.2) is 60.7 Å². The molecule has 3 aromatic carbocycles. The normalized spacial score (nSPS) is 19.6. The van der Waals surface area contributed by atoms with Crippen molar-refractivity contribution in [2.24, 2.45) is 0 Å². The van der Waals surface area contributed by atoms with Gasteiger partial charge in [-0.3, -0.25) is 14.5 Å².